The fraction of sp³-hybridized carbons (Fsp3) is 0.368. The van der Waals surface area contributed by atoms with Gasteiger partial charge in [0, 0.05) is 38.6 Å². The van der Waals surface area contributed by atoms with Gasteiger partial charge in [-0.2, -0.15) is 0 Å². The highest BCUT2D eigenvalue weighted by molar-refractivity contribution is 6.00. The van der Waals surface area contributed by atoms with E-state index in [0.29, 0.717) is 48.8 Å². The monoisotopic (exact) mass is 357 g/mol. The molecule has 1 aliphatic rings. The molecule has 1 aromatic heterocycles. The zero-order chi connectivity index (χ0) is 18.5. The van der Waals surface area contributed by atoms with Crippen molar-refractivity contribution in [3.05, 3.63) is 47.8 Å². The normalized spacial score (nSPS) is 14.7. The Morgan fingerprint density at radius 3 is 2.08 bits per heavy atom. The summed E-state index contributed by atoms with van der Waals surface area (Å²) < 4.78 is 10.7. The molecule has 1 aliphatic heterocycles. The summed E-state index contributed by atoms with van der Waals surface area (Å²) in [6, 6.07) is 7.04. The van der Waals surface area contributed by atoms with Crippen LogP contribution in [0.25, 0.3) is 0 Å². The number of nitrogens with zero attached hydrogens (tertiary/aromatic N) is 2. The largest absolute Gasteiger partial charge is 0.496 e. The quantitative estimate of drug-likeness (QED) is 0.908. The van der Waals surface area contributed by atoms with Crippen LogP contribution in [0.4, 0.5) is 0 Å². The third-order valence-corrected chi connectivity index (χ3v) is 4.56. The van der Waals surface area contributed by atoms with Crippen LogP contribution < -0.4 is 9.47 Å². The van der Waals surface area contributed by atoms with E-state index in [0.717, 1.165) is 6.42 Å². The van der Waals surface area contributed by atoms with Crippen molar-refractivity contribution in [1.82, 2.24) is 14.8 Å². The summed E-state index contributed by atoms with van der Waals surface area (Å²) in [6.07, 6.45) is 4.14. The highest BCUT2D eigenvalue weighted by Crippen LogP contribution is 2.29. The van der Waals surface area contributed by atoms with Crippen LogP contribution in [-0.2, 0) is 0 Å². The summed E-state index contributed by atoms with van der Waals surface area (Å²) in [4.78, 5) is 32.0. The lowest BCUT2D eigenvalue weighted by atomic mass is 10.1. The number of ether oxygens (including phenoxy) is 2. The summed E-state index contributed by atoms with van der Waals surface area (Å²) in [5.74, 6) is 0.809. The first-order chi connectivity index (χ1) is 12.7. The van der Waals surface area contributed by atoms with Crippen molar-refractivity contribution in [3.8, 4) is 11.5 Å². The molecule has 1 N–H and O–H groups in total. The first-order valence-electron chi connectivity index (χ1n) is 8.58. The van der Waals surface area contributed by atoms with Crippen LogP contribution in [0.1, 0.15) is 27.1 Å². The number of methoxy groups -OCH3 is 2. The van der Waals surface area contributed by atoms with Gasteiger partial charge in [0.1, 0.15) is 17.1 Å². The van der Waals surface area contributed by atoms with Crippen molar-refractivity contribution in [2.45, 2.75) is 6.42 Å². The number of hydrogen-bond donors (Lipinski definition) is 1. The van der Waals surface area contributed by atoms with Crippen LogP contribution in [0.15, 0.2) is 36.7 Å². The molecule has 0 atom stereocenters. The number of aromatic nitrogens is 1. The van der Waals surface area contributed by atoms with Gasteiger partial charge in [-0.25, -0.2) is 0 Å². The molecule has 138 valence electrons. The molecule has 0 spiro atoms. The molecular weight excluding hydrogens is 334 g/mol. The van der Waals surface area contributed by atoms with E-state index in [1.807, 2.05) is 0 Å². The van der Waals surface area contributed by atoms with Crippen molar-refractivity contribution in [1.29, 1.82) is 0 Å². The number of benzene rings is 1. The summed E-state index contributed by atoms with van der Waals surface area (Å²) >= 11 is 0. The van der Waals surface area contributed by atoms with Crippen LogP contribution in [0.3, 0.4) is 0 Å². The van der Waals surface area contributed by atoms with Crippen molar-refractivity contribution in [2.24, 2.45) is 0 Å². The molecule has 1 fully saturated rings. The lowest BCUT2D eigenvalue weighted by molar-refractivity contribution is 0.0715. The highest BCUT2D eigenvalue weighted by atomic mass is 16.5. The minimum Gasteiger partial charge on any atom is -0.496 e. The van der Waals surface area contributed by atoms with Crippen molar-refractivity contribution in [3.63, 3.8) is 0 Å². The molecule has 1 aromatic carbocycles. The number of hydrogen-bond acceptors (Lipinski definition) is 4. The van der Waals surface area contributed by atoms with Crippen molar-refractivity contribution in [2.75, 3.05) is 40.4 Å². The maximum atomic E-state index is 13.1. The van der Waals surface area contributed by atoms with Gasteiger partial charge in [0.15, 0.2) is 0 Å². The Labute approximate surface area is 152 Å². The summed E-state index contributed by atoms with van der Waals surface area (Å²) in [6.45, 7) is 2.16. The van der Waals surface area contributed by atoms with Gasteiger partial charge in [0.25, 0.3) is 11.8 Å². The molecule has 3 rings (SSSR count). The minimum absolute atomic E-state index is 0.0181. The Balaban J connectivity index is 1.75. The van der Waals surface area contributed by atoms with Gasteiger partial charge in [0.05, 0.1) is 19.8 Å². The molecule has 2 amide bonds. The molecule has 7 heteroatoms. The molecule has 2 heterocycles. The molecule has 7 nitrogen and oxygen atoms in total. The zero-order valence-electron chi connectivity index (χ0n) is 15.0. The third-order valence-electron chi connectivity index (χ3n) is 4.56. The number of rotatable bonds is 4. The Bertz CT molecular complexity index is 751. The summed E-state index contributed by atoms with van der Waals surface area (Å²) in [5.41, 5.74) is 1.05. The smallest absolute Gasteiger partial charge is 0.261 e. The number of carbonyl (C=O) groups is 2. The van der Waals surface area contributed by atoms with E-state index in [2.05, 4.69) is 4.98 Å². The molecule has 0 aliphatic carbocycles. The van der Waals surface area contributed by atoms with Gasteiger partial charge >= 0.3 is 0 Å². The Hall–Kier alpha value is -2.96. The first-order valence-corrected chi connectivity index (χ1v) is 8.58. The van der Waals surface area contributed by atoms with E-state index >= 15 is 0 Å². The van der Waals surface area contributed by atoms with Gasteiger partial charge in [0.2, 0.25) is 0 Å². The molecule has 0 bridgehead atoms. The molecular formula is C19H23N3O4. The van der Waals surface area contributed by atoms with Gasteiger partial charge in [-0.05, 0) is 24.6 Å². The van der Waals surface area contributed by atoms with Crippen LogP contribution in [0.2, 0.25) is 0 Å². The van der Waals surface area contributed by atoms with Crippen LogP contribution >= 0.6 is 0 Å². The number of H-pyrrole nitrogens is 1. The maximum absolute atomic E-state index is 13.1. The lowest BCUT2D eigenvalue weighted by Crippen LogP contribution is -2.37. The predicted octanol–water partition coefficient (Wildman–Crippen LogP) is 2.02. The maximum Gasteiger partial charge on any atom is 0.261 e. The van der Waals surface area contributed by atoms with Gasteiger partial charge in [-0.15, -0.1) is 0 Å². The van der Waals surface area contributed by atoms with Crippen LogP contribution in [0, 0.1) is 0 Å². The number of amides is 2. The van der Waals surface area contributed by atoms with Crippen LogP contribution in [-0.4, -0.2) is 67.0 Å². The van der Waals surface area contributed by atoms with E-state index in [4.69, 9.17) is 9.47 Å². The van der Waals surface area contributed by atoms with Crippen molar-refractivity contribution < 1.29 is 19.1 Å². The van der Waals surface area contributed by atoms with Gasteiger partial charge in [-0.1, -0.05) is 6.07 Å². The second-order valence-corrected chi connectivity index (χ2v) is 6.08. The number of carbonyl (C=O) groups excluding carboxylic acids is 2. The first kappa shape index (κ1) is 17.8. The standard InChI is InChI=1S/C19H23N3O4/c1-25-15-5-3-6-16(26-2)17(15)19(24)22-10-4-9-21(11-12-22)18(23)14-7-8-20-13-14/h3,5-8,13,20H,4,9-12H2,1-2H3. The van der Waals surface area contributed by atoms with E-state index in [9.17, 15) is 9.59 Å². The summed E-state index contributed by atoms with van der Waals surface area (Å²) in [7, 11) is 3.07. The fourth-order valence-electron chi connectivity index (χ4n) is 3.18. The topological polar surface area (TPSA) is 74.9 Å². The number of nitrogens with one attached hydrogen (secondary N) is 1. The highest BCUT2D eigenvalue weighted by Gasteiger charge is 2.27. The van der Waals surface area contributed by atoms with E-state index in [-0.39, 0.29) is 11.8 Å². The fourth-order valence-corrected chi connectivity index (χ4v) is 3.18. The predicted molar refractivity (Wildman–Crippen MR) is 96.8 cm³/mol. The van der Waals surface area contributed by atoms with E-state index < -0.39 is 0 Å². The molecule has 26 heavy (non-hydrogen) atoms. The number of aromatic amines is 1. The van der Waals surface area contributed by atoms with Gasteiger partial charge < -0.3 is 24.3 Å². The van der Waals surface area contributed by atoms with Crippen LogP contribution in [0.5, 0.6) is 11.5 Å². The molecule has 0 saturated carbocycles. The molecule has 2 aromatic rings. The van der Waals surface area contributed by atoms with E-state index in [1.165, 1.54) is 14.2 Å². The third kappa shape index (κ3) is 3.51. The Morgan fingerprint density at radius 2 is 1.54 bits per heavy atom. The van der Waals surface area contributed by atoms with Gasteiger partial charge in [-0.3, -0.25) is 9.59 Å². The lowest BCUT2D eigenvalue weighted by Gasteiger charge is -2.23. The zero-order valence-corrected chi connectivity index (χ0v) is 15.0. The minimum atomic E-state index is -0.143. The second kappa shape index (κ2) is 7.95. The van der Waals surface area contributed by atoms with Crippen molar-refractivity contribution >= 4 is 11.8 Å². The van der Waals surface area contributed by atoms with E-state index in [1.54, 1.807) is 46.5 Å². The molecule has 1 saturated heterocycles. The average Bonchev–Trinajstić information content (AvgIpc) is 3.10. The second-order valence-electron chi connectivity index (χ2n) is 6.08. The Morgan fingerprint density at radius 1 is 0.923 bits per heavy atom. The molecule has 0 unspecified atom stereocenters. The molecule has 0 radical (unpaired) electrons. The Kier molecular flexibility index (Phi) is 5.46. The average molecular weight is 357 g/mol. The summed E-state index contributed by atoms with van der Waals surface area (Å²) in [5, 5.41) is 0. The SMILES string of the molecule is COc1cccc(OC)c1C(=O)N1CCCN(C(=O)c2cc[nH]c2)CC1.